The van der Waals surface area contributed by atoms with Crippen LogP contribution in [0.3, 0.4) is 0 Å². The van der Waals surface area contributed by atoms with Crippen molar-refractivity contribution in [2.75, 3.05) is 6.54 Å². The molecule has 0 aromatic heterocycles. The molecule has 6 nitrogen and oxygen atoms in total. The zero-order valence-corrected chi connectivity index (χ0v) is 14.6. The minimum Gasteiger partial charge on any atom is -0.335 e. The Morgan fingerprint density at radius 1 is 1.21 bits per heavy atom. The first-order valence-electron chi connectivity index (χ1n) is 9.37. The number of hydrogen-bond donors (Lipinski definition) is 1. The molecule has 0 aromatic carbocycles. The van der Waals surface area contributed by atoms with Crippen LogP contribution in [0.25, 0.3) is 0 Å². The van der Waals surface area contributed by atoms with Crippen molar-refractivity contribution in [2.45, 2.75) is 76.4 Å². The van der Waals surface area contributed by atoms with E-state index in [1.165, 1.54) is 19.3 Å². The van der Waals surface area contributed by atoms with E-state index in [-0.39, 0.29) is 30.3 Å². The van der Waals surface area contributed by atoms with Gasteiger partial charge in [0.2, 0.25) is 5.91 Å². The number of fused-ring (bicyclic) bond motifs is 1. The fraction of sp³-hybridized carbons (Fsp3) is 0.833. The number of carbonyl (C=O) groups is 3. The third-order valence-corrected chi connectivity index (χ3v) is 6.62. The molecule has 4 unspecified atom stereocenters. The third kappa shape index (κ3) is 2.33. The van der Waals surface area contributed by atoms with Gasteiger partial charge in [-0.15, -0.1) is 0 Å². The van der Waals surface area contributed by atoms with E-state index in [1.807, 2.05) is 4.90 Å². The van der Waals surface area contributed by atoms with Gasteiger partial charge in [-0.25, -0.2) is 4.79 Å². The number of nitrogens with one attached hydrogen (secondary N) is 1. The average Bonchev–Trinajstić information content (AvgIpc) is 3.30. The standard InChI is InChI=1S/C18H27N3O3/c1-11-9-12-5-3-4-6-14(12)21(11)15(22)10-20-16(23)18(2,13-7-8-13)19-17(20)24/h11-14H,3-10H2,1-2H3,(H,19,24). The second-order valence-electron chi connectivity index (χ2n) is 8.30. The van der Waals surface area contributed by atoms with E-state index in [1.54, 1.807) is 6.92 Å². The van der Waals surface area contributed by atoms with Gasteiger partial charge in [0.25, 0.3) is 5.91 Å². The Hall–Kier alpha value is -1.59. The molecule has 2 saturated heterocycles. The first kappa shape index (κ1) is 15.9. The summed E-state index contributed by atoms with van der Waals surface area (Å²) in [6.45, 7) is 3.78. The summed E-state index contributed by atoms with van der Waals surface area (Å²) >= 11 is 0. The van der Waals surface area contributed by atoms with Crippen molar-refractivity contribution in [1.29, 1.82) is 0 Å². The van der Waals surface area contributed by atoms with Gasteiger partial charge in [0.05, 0.1) is 0 Å². The maximum atomic E-state index is 12.9. The van der Waals surface area contributed by atoms with Crippen LogP contribution in [0.4, 0.5) is 4.79 Å². The van der Waals surface area contributed by atoms with Crippen molar-refractivity contribution in [3.05, 3.63) is 0 Å². The topological polar surface area (TPSA) is 69.7 Å². The Morgan fingerprint density at radius 2 is 1.92 bits per heavy atom. The minimum atomic E-state index is -0.804. The summed E-state index contributed by atoms with van der Waals surface area (Å²) in [6.07, 6.45) is 7.66. The van der Waals surface area contributed by atoms with E-state index in [9.17, 15) is 14.4 Å². The van der Waals surface area contributed by atoms with Gasteiger partial charge in [0.1, 0.15) is 12.1 Å². The fourth-order valence-corrected chi connectivity index (χ4v) is 5.15. The van der Waals surface area contributed by atoms with Crippen LogP contribution in [-0.2, 0) is 9.59 Å². The lowest BCUT2D eigenvalue weighted by Crippen LogP contribution is -2.49. The number of urea groups is 1. The van der Waals surface area contributed by atoms with Gasteiger partial charge in [-0.05, 0) is 57.8 Å². The molecule has 2 aliphatic carbocycles. The van der Waals surface area contributed by atoms with E-state index in [0.29, 0.717) is 12.0 Å². The summed E-state index contributed by atoms with van der Waals surface area (Å²) in [5, 5.41) is 2.82. The van der Waals surface area contributed by atoms with Crippen LogP contribution in [0.1, 0.15) is 58.8 Å². The first-order valence-corrected chi connectivity index (χ1v) is 9.37. The highest BCUT2D eigenvalue weighted by atomic mass is 16.2. The van der Waals surface area contributed by atoms with Crippen molar-refractivity contribution in [2.24, 2.45) is 11.8 Å². The Balaban J connectivity index is 1.48. The average molecular weight is 333 g/mol. The summed E-state index contributed by atoms with van der Waals surface area (Å²) in [6, 6.07) is 0.104. The lowest BCUT2D eigenvalue weighted by Gasteiger charge is -2.34. The predicted octanol–water partition coefficient (Wildman–Crippen LogP) is 1.89. The molecular formula is C18H27N3O3. The Labute approximate surface area is 142 Å². The smallest absolute Gasteiger partial charge is 0.325 e. The van der Waals surface area contributed by atoms with Crippen molar-refractivity contribution in [1.82, 2.24) is 15.1 Å². The molecule has 0 aromatic rings. The predicted molar refractivity (Wildman–Crippen MR) is 88.0 cm³/mol. The highest BCUT2D eigenvalue weighted by Crippen LogP contribution is 2.43. The van der Waals surface area contributed by atoms with E-state index < -0.39 is 11.6 Å². The number of nitrogens with zero attached hydrogens (tertiary/aromatic N) is 2. The highest BCUT2D eigenvalue weighted by molar-refractivity contribution is 6.09. The molecule has 4 fully saturated rings. The zero-order valence-electron chi connectivity index (χ0n) is 14.6. The summed E-state index contributed by atoms with van der Waals surface area (Å²) in [4.78, 5) is 41.0. The van der Waals surface area contributed by atoms with Gasteiger partial charge in [-0.2, -0.15) is 0 Å². The Bertz CT molecular complexity index is 588. The molecule has 2 saturated carbocycles. The third-order valence-electron chi connectivity index (χ3n) is 6.62. The SMILES string of the molecule is CC1CC2CCCCC2N1C(=O)CN1C(=O)NC(C)(C2CC2)C1=O. The second-order valence-corrected chi connectivity index (χ2v) is 8.30. The van der Waals surface area contributed by atoms with E-state index in [2.05, 4.69) is 12.2 Å². The molecule has 0 bridgehead atoms. The van der Waals surface area contributed by atoms with Gasteiger partial charge in [0.15, 0.2) is 0 Å². The molecule has 24 heavy (non-hydrogen) atoms. The molecule has 4 amide bonds. The molecule has 6 heteroatoms. The molecule has 132 valence electrons. The second kappa shape index (κ2) is 5.46. The van der Waals surface area contributed by atoms with E-state index in [0.717, 1.165) is 30.6 Å². The Morgan fingerprint density at radius 3 is 2.62 bits per heavy atom. The van der Waals surface area contributed by atoms with Crippen molar-refractivity contribution in [3.63, 3.8) is 0 Å². The lowest BCUT2D eigenvalue weighted by molar-refractivity contribution is -0.141. The van der Waals surface area contributed by atoms with Crippen LogP contribution in [0.15, 0.2) is 0 Å². The maximum absolute atomic E-state index is 12.9. The molecule has 4 aliphatic rings. The largest absolute Gasteiger partial charge is 0.335 e. The normalized spacial score (nSPS) is 39.2. The van der Waals surface area contributed by atoms with Crippen molar-refractivity contribution >= 4 is 17.8 Å². The highest BCUT2D eigenvalue weighted by Gasteiger charge is 2.56. The molecule has 4 atom stereocenters. The van der Waals surface area contributed by atoms with Crippen LogP contribution < -0.4 is 5.32 Å². The molecule has 1 N–H and O–H groups in total. The van der Waals surface area contributed by atoms with Crippen LogP contribution in [0, 0.1) is 11.8 Å². The summed E-state index contributed by atoms with van der Waals surface area (Å²) in [5.41, 5.74) is -0.804. The molecule has 0 radical (unpaired) electrons. The number of rotatable bonds is 3. The maximum Gasteiger partial charge on any atom is 0.325 e. The molecule has 2 heterocycles. The number of likely N-dealkylation sites (tertiary alicyclic amines) is 1. The van der Waals surface area contributed by atoms with Gasteiger partial charge in [-0.3, -0.25) is 14.5 Å². The van der Waals surface area contributed by atoms with E-state index >= 15 is 0 Å². The van der Waals surface area contributed by atoms with Crippen molar-refractivity contribution < 1.29 is 14.4 Å². The van der Waals surface area contributed by atoms with E-state index in [4.69, 9.17) is 0 Å². The fourth-order valence-electron chi connectivity index (χ4n) is 5.15. The monoisotopic (exact) mass is 333 g/mol. The minimum absolute atomic E-state index is 0.0690. The first-order chi connectivity index (χ1) is 11.4. The molecular weight excluding hydrogens is 306 g/mol. The number of carbonyl (C=O) groups excluding carboxylic acids is 3. The van der Waals surface area contributed by atoms with Crippen LogP contribution in [-0.4, -0.2) is 51.8 Å². The summed E-state index contributed by atoms with van der Waals surface area (Å²) in [5.74, 6) is 0.524. The number of hydrogen-bond acceptors (Lipinski definition) is 3. The van der Waals surface area contributed by atoms with Crippen molar-refractivity contribution in [3.8, 4) is 0 Å². The van der Waals surface area contributed by atoms with Gasteiger partial charge < -0.3 is 10.2 Å². The number of amides is 4. The van der Waals surface area contributed by atoms with Gasteiger partial charge in [-0.1, -0.05) is 12.8 Å². The molecule has 2 aliphatic heterocycles. The summed E-state index contributed by atoms with van der Waals surface area (Å²) in [7, 11) is 0. The zero-order chi connectivity index (χ0) is 17.1. The Kier molecular flexibility index (Phi) is 3.62. The molecule has 0 spiro atoms. The van der Waals surface area contributed by atoms with Crippen LogP contribution >= 0.6 is 0 Å². The number of imide groups is 1. The van der Waals surface area contributed by atoms with Crippen LogP contribution in [0.2, 0.25) is 0 Å². The van der Waals surface area contributed by atoms with Gasteiger partial charge >= 0.3 is 6.03 Å². The summed E-state index contributed by atoms with van der Waals surface area (Å²) < 4.78 is 0. The lowest BCUT2D eigenvalue weighted by atomic mass is 9.85. The quantitative estimate of drug-likeness (QED) is 0.802. The molecule has 4 rings (SSSR count). The van der Waals surface area contributed by atoms with Crippen LogP contribution in [0.5, 0.6) is 0 Å². The van der Waals surface area contributed by atoms with Gasteiger partial charge in [0, 0.05) is 12.1 Å².